The van der Waals surface area contributed by atoms with Gasteiger partial charge in [-0.15, -0.1) is 11.3 Å². The van der Waals surface area contributed by atoms with Crippen LogP contribution in [-0.2, 0) is 10.8 Å². The molecule has 1 unspecified atom stereocenters. The first kappa shape index (κ1) is 40.2. The molecule has 1 atom stereocenters. The molecule has 3 nitrogen and oxygen atoms in total. The van der Waals surface area contributed by atoms with Gasteiger partial charge in [-0.25, -0.2) is 4.98 Å². The summed E-state index contributed by atoms with van der Waals surface area (Å²) in [6, 6.07) is 60.3. The zero-order valence-electron chi connectivity index (χ0n) is 35.5. The third-order valence-corrected chi connectivity index (χ3v) is 14.9. The van der Waals surface area contributed by atoms with E-state index in [0.717, 1.165) is 33.5 Å². The number of nitrogens with zero attached hydrogens (tertiary/aromatic N) is 2. The van der Waals surface area contributed by atoms with Crippen molar-refractivity contribution in [3.05, 3.63) is 193 Å². The molecule has 3 heterocycles. The van der Waals surface area contributed by atoms with E-state index in [0.29, 0.717) is 5.56 Å². The molecule has 9 rings (SSSR count). The molecule has 0 aliphatic heterocycles. The molecule has 5 heteroatoms. The number of fused-ring (bicyclic) bond motifs is 1. The Kier molecular flexibility index (Phi) is 10.8. The molecule has 0 saturated carbocycles. The van der Waals surface area contributed by atoms with Crippen LogP contribution in [0.15, 0.2) is 181 Å². The van der Waals surface area contributed by atoms with Gasteiger partial charge in [0, 0.05) is 40.6 Å². The number of hydrogen-bond donors (Lipinski definition) is 1. The molecule has 61 heavy (non-hydrogen) atoms. The lowest BCUT2D eigenvalue weighted by Gasteiger charge is -2.26. The smallest absolute Gasteiger partial charge is 0.124 e. The first-order valence-corrected chi connectivity index (χ1v) is 23.1. The standard InChI is InChI=1S/C56H49N2OPS/c1-55(2,3)42-30-40(31-43(35-42)56(4,5)6)41-33-49(58-50(34-41)46-24-13-14-25-51(46)59)39-22-17-23-44(32-39)60(52-26-15-16-28-57-52)53-48(38-20-11-8-12-21-38)36-47(37-18-9-7-10-19-37)45-27-29-61-54(45)53/h7-36,59H,1-6H3. The Balaban J connectivity index is 1.29. The lowest BCUT2D eigenvalue weighted by atomic mass is 9.79. The SMILES string of the molecule is CC(C)(C)c1cc(-c2cc(-c3cccc(P(c4ccccn4)c4c(-c5ccccc5)cc(-c5ccccc5)c5ccsc45)c3)nc(-c3ccccc3O)c2)cc(C(C)(C)C)c1. The number of hydrogen-bond acceptors (Lipinski definition) is 4. The van der Waals surface area contributed by atoms with Crippen LogP contribution in [0.3, 0.4) is 0 Å². The highest BCUT2D eigenvalue weighted by Gasteiger charge is 2.28. The third kappa shape index (κ3) is 8.19. The maximum absolute atomic E-state index is 11.2. The largest absolute Gasteiger partial charge is 0.507 e. The summed E-state index contributed by atoms with van der Waals surface area (Å²) in [7, 11) is -1.16. The van der Waals surface area contributed by atoms with Gasteiger partial charge in [-0.3, -0.25) is 4.98 Å². The molecule has 0 fully saturated rings. The van der Waals surface area contributed by atoms with Gasteiger partial charge in [-0.05, 0) is 121 Å². The quantitative estimate of drug-likeness (QED) is 0.155. The summed E-state index contributed by atoms with van der Waals surface area (Å²) in [5.41, 5.74) is 13.8. The molecule has 1 N–H and O–H groups in total. The fourth-order valence-corrected chi connectivity index (χ4v) is 11.8. The van der Waals surface area contributed by atoms with E-state index in [1.165, 1.54) is 54.1 Å². The van der Waals surface area contributed by atoms with Crippen molar-refractivity contribution in [2.75, 3.05) is 0 Å². The van der Waals surface area contributed by atoms with Gasteiger partial charge in [0.1, 0.15) is 5.75 Å². The Bertz CT molecular complexity index is 2970. The van der Waals surface area contributed by atoms with Gasteiger partial charge >= 0.3 is 0 Å². The molecule has 0 aliphatic rings. The number of thiophene rings is 1. The Morgan fingerprint density at radius 1 is 0.492 bits per heavy atom. The van der Waals surface area contributed by atoms with Crippen molar-refractivity contribution in [1.82, 2.24) is 9.97 Å². The minimum Gasteiger partial charge on any atom is -0.507 e. The molecule has 0 amide bonds. The van der Waals surface area contributed by atoms with E-state index in [1.807, 2.05) is 41.8 Å². The Labute approximate surface area is 365 Å². The van der Waals surface area contributed by atoms with Gasteiger partial charge in [0.25, 0.3) is 0 Å². The van der Waals surface area contributed by atoms with Crippen LogP contribution >= 0.6 is 19.3 Å². The monoisotopic (exact) mass is 828 g/mol. The highest BCUT2D eigenvalue weighted by atomic mass is 32.1. The average Bonchev–Trinajstić information content (AvgIpc) is 3.77. The maximum Gasteiger partial charge on any atom is 0.124 e. The minimum absolute atomic E-state index is 0.0464. The highest BCUT2D eigenvalue weighted by molar-refractivity contribution is 7.80. The predicted molar refractivity (Wildman–Crippen MR) is 262 cm³/mol. The zero-order valence-corrected chi connectivity index (χ0v) is 37.2. The van der Waals surface area contributed by atoms with E-state index in [9.17, 15) is 5.11 Å². The molecule has 0 radical (unpaired) electrons. The van der Waals surface area contributed by atoms with Gasteiger partial charge < -0.3 is 5.11 Å². The molecule has 9 aromatic rings. The second-order valence-electron chi connectivity index (χ2n) is 17.7. The number of aromatic nitrogens is 2. The van der Waals surface area contributed by atoms with E-state index in [-0.39, 0.29) is 16.6 Å². The van der Waals surface area contributed by atoms with E-state index < -0.39 is 7.92 Å². The van der Waals surface area contributed by atoms with Crippen molar-refractivity contribution < 1.29 is 5.11 Å². The van der Waals surface area contributed by atoms with E-state index in [1.54, 1.807) is 6.07 Å². The van der Waals surface area contributed by atoms with E-state index in [2.05, 4.69) is 186 Å². The topological polar surface area (TPSA) is 46.0 Å². The molecule has 0 aliphatic carbocycles. The fraction of sp³-hybridized carbons (Fsp3) is 0.143. The summed E-state index contributed by atoms with van der Waals surface area (Å²) >= 11 is 1.81. The van der Waals surface area contributed by atoms with Gasteiger partial charge in [-0.2, -0.15) is 0 Å². The van der Waals surface area contributed by atoms with Crippen molar-refractivity contribution in [3.63, 3.8) is 0 Å². The van der Waals surface area contributed by atoms with Crippen LogP contribution in [0.4, 0.5) is 0 Å². The minimum atomic E-state index is -1.16. The summed E-state index contributed by atoms with van der Waals surface area (Å²) in [5, 5.41) is 17.2. The summed E-state index contributed by atoms with van der Waals surface area (Å²) in [6.07, 6.45) is 1.92. The van der Waals surface area contributed by atoms with Crippen molar-refractivity contribution in [2.24, 2.45) is 0 Å². The lowest BCUT2D eigenvalue weighted by Crippen LogP contribution is -2.24. The number of rotatable bonds is 8. The second kappa shape index (κ2) is 16.3. The molecular formula is C56H49N2OPS. The number of phenolic OH excluding ortho intramolecular Hbond substituents is 1. The first-order valence-electron chi connectivity index (χ1n) is 20.9. The zero-order chi connectivity index (χ0) is 42.3. The van der Waals surface area contributed by atoms with Crippen LogP contribution in [0, 0.1) is 0 Å². The fourth-order valence-electron chi connectivity index (χ4n) is 8.03. The molecule has 0 spiro atoms. The van der Waals surface area contributed by atoms with Gasteiger partial charge in [-0.1, -0.05) is 157 Å². The number of pyridine rings is 2. The Morgan fingerprint density at radius 3 is 1.75 bits per heavy atom. The van der Waals surface area contributed by atoms with Crippen LogP contribution in [0.2, 0.25) is 0 Å². The summed E-state index contributed by atoms with van der Waals surface area (Å²) in [6.45, 7) is 13.7. The Hall–Kier alpha value is -6.19. The van der Waals surface area contributed by atoms with E-state index in [4.69, 9.17) is 9.97 Å². The normalized spacial score (nSPS) is 12.4. The van der Waals surface area contributed by atoms with Gasteiger partial charge in [0.05, 0.1) is 16.8 Å². The van der Waals surface area contributed by atoms with E-state index >= 15 is 0 Å². The molecule has 300 valence electrons. The summed E-state index contributed by atoms with van der Waals surface area (Å²) in [4.78, 5) is 10.4. The van der Waals surface area contributed by atoms with Crippen LogP contribution in [0.1, 0.15) is 52.7 Å². The highest BCUT2D eigenvalue weighted by Crippen LogP contribution is 2.45. The second-order valence-corrected chi connectivity index (χ2v) is 20.7. The van der Waals surface area contributed by atoms with Crippen molar-refractivity contribution in [1.29, 1.82) is 0 Å². The molecule has 0 bridgehead atoms. The van der Waals surface area contributed by atoms with Crippen LogP contribution in [0.5, 0.6) is 5.75 Å². The van der Waals surface area contributed by atoms with Crippen LogP contribution in [0.25, 0.3) is 66.0 Å². The number of aromatic hydroxyl groups is 1. The van der Waals surface area contributed by atoms with Crippen molar-refractivity contribution in [2.45, 2.75) is 52.4 Å². The molecule has 6 aromatic carbocycles. The summed E-state index contributed by atoms with van der Waals surface area (Å²) in [5.74, 6) is 0.205. The third-order valence-electron chi connectivity index (χ3n) is 11.4. The van der Waals surface area contributed by atoms with Gasteiger partial charge in [0.2, 0.25) is 0 Å². The van der Waals surface area contributed by atoms with Crippen molar-refractivity contribution >= 4 is 45.4 Å². The number of para-hydroxylation sites is 1. The lowest BCUT2D eigenvalue weighted by molar-refractivity contribution is 0.477. The van der Waals surface area contributed by atoms with Crippen LogP contribution in [-0.4, -0.2) is 15.1 Å². The molecule has 0 saturated heterocycles. The van der Waals surface area contributed by atoms with Gasteiger partial charge in [0.15, 0.2) is 0 Å². The molecular weight excluding hydrogens is 780 g/mol. The van der Waals surface area contributed by atoms with Crippen LogP contribution < -0.4 is 16.0 Å². The predicted octanol–water partition coefficient (Wildman–Crippen LogP) is 14.1. The Morgan fingerprint density at radius 2 is 1.10 bits per heavy atom. The number of benzene rings is 6. The van der Waals surface area contributed by atoms with Crippen molar-refractivity contribution in [3.8, 4) is 61.6 Å². The average molecular weight is 829 g/mol. The number of phenols is 1. The summed E-state index contributed by atoms with van der Waals surface area (Å²) < 4.78 is 1.28. The maximum atomic E-state index is 11.2. The first-order chi connectivity index (χ1) is 29.4. The molecule has 3 aromatic heterocycles.